The topological polar surface area (TPSA) is 94.2 Å². The van der Waals surface area contributed by atoms with Crippen molar-refractivity contribution >= 4 is 11.8 Å². The number of hydrogen-bond donors (Lipinski definition) is 0. The van der Waals surface area contributed by atoms with Gasteiger partial charge in [-0.15, -0.1) is 0 Å². The van der Waals surface area contributed by atoms with Gasteiger partial charge in [-0.05, 0) is 36.8 Å². The van der Waals surface area contributed by atoms with E-state index in [4.69, 9.17) is 13.9 Å². The van der Waals surface area contributed by atoms with E-state index in [9.17, 15) is 14.4 Å². The molecular weight excluding hydrogens is 462 g/mol. The number of methoxy groups -OCH3 is 2. The summed E-state index contributed by atoms with van der Waals surface area (Å²) in [4.78, 5) is 43.0. The number of rotatable bonds is 7. The van der Waals surface area contributed by atoms with Crippen molar-refractivity contribution in [2.24, 2.45) is 0 Å². The number of hydrogen-bond acceptors (Lipinski definition) is 6. The third kappa shape index (κ3) is 5.00. The maximum absolute atomic E-state index is 13.7. The van der Waals surface area contributed by atoms with Gasteiger partial charge in [-0.1, -0.05) is 12.1 Å². The highest BCUT2D eigenvalue weighted by Gasteiger charge is 2.30. The van der Waals surface area contributed by atoms with Gasteiger partial charge in [0.25, 0.3) is 11.5 Å². The Bertz CT molecular complexity index is 1300. The third-order valence-corrected chi connectivity index (χ3v) is 6.73. The second kappa shape index (κ2) is 10.7. The quantitative estimate of drug-likeness (QED) is 0.502. The zero-order chi connectivity index (χ0) is 25.8. The fourth-order valence-corrected chi connectivity index (χ4v) is 4.53. The van der Waals surface area contributed by atoms with Gasteiger partial charge < -0.3 is 28.3 Å². The lowest BCUT2D eigenvalue weighted by atomic mass is 10.1. The average molecular weight is 494 g/mol. The van der Waals surface area contributed by atoms with E-state index in [1.54, 1.807) is 40.9 Å². The fourth-order valence-electron chi connectivity index (χ4n) is 4.53. The Hall–Kier alpha value is -4.01. The minimum Gasteiger partial charge on any atom is -0.497 e. The van der Waals surface area contributed by atoms with Crippen LogP contribution in [0.3, 0.4) is 0 Å². The van der Waals surface area contributed by atoms with Crippen LogP contribution in [-0.4, -0.2) is 60.5 Å². The van der Waals surface area contributed by atoms with Crippen LogP contribution in [0.25, 0.3) is 0 Å². The first kappa shape index (κ1) is 25.1. The van der Waals surface area contributed by atoms with Crippen molar-refractivity contribution in [3.8, 4) is 11.5 Å². The second-order valence-electron chi connectivity index (χ2n) is 8.79. The van der Waals surface area contributed by atoms with E-state index in [1.807, 2.05) is 37.3 Å². The van der Waals surface area contributed by atoms with Gasteiger partial charge in [0.2, 0.25) is 5.91 Å². The molecule has 1 aliphatic heterocycles. The van der Waals surface area contributed by atoms with Gasteiger partial charge in [-0.3, -0.25) is 14.4 Å². The molecule has 0 saturated carbocycles. The lowest BCUT2D eigenvalue weighted by Gasteiger charge is -2.26. The Morgan fingerprint density at radius 1 is 1.08 bits per heavy atom. The molecule has 0 radical (unpaired) electrons. The molecule has 0 saturated heterocycles. The summed E-state index contributed by atoms with van der Waals surface area (Å²) in [5, 5.41) is 0. The molecule has 9 nitrogen and oxygen atoms in total. The van der Waals surface area contributed by atoms with E-state index in [1.165, 1.54) is 13.2 Å². The molecule has 0 aliphatic carbocycles. The van der Waals surface area contributed by atoms with Crippen LogP contribution in [0.2, 0.25) is 0 Å². The number of amides is 2. The van der Waals surface area contributed by atoms with Crippen molar-refractivity contribution in [1.29, 1.82) is 0 Å². The number of pyridine rings is 1. The highest BCUT2D eigenvalue weighted by Crippen LogP contribution is 2.28. The first-order chi connectivity index (χ1) is 17.3. The van der Waals surface area contributed by atoms with Crippen LogP contribution in [0.5, 0.6) is 11.5 Å². The zero-order valence-corrected chi connectivity index (χ0v) is 21.0. The zero-order valence-electron chi connectivity index (χ0n) is 21.0. The van der Waals surface area contributed by atoms with Crippen molar-refractivity contribution in [2.45, 2.75) is 32.4 Å². The molecular formula is C27H31N3O6. The molecule has 190 valence electrons. The maximum atomic E-state index is 13.7. The molecule has 4 rings (SSSR count). The number of carbonyl (C=O) groups excluding carboxylic acids is 2. The van der Waals surface area contributed by atoms with E-state index in [0.717, 1.165) is 5.56 Å². The van der Waals surface area contributed by atoms with E-state index < -0.39 is 0 Å². The summed E-state index contributed by atoms with van der Waals surface area (Å²) in [6.45, 7) is 2.91. The normalized spacial score (nSPS) is 13.9. The summed E-state index contributed by atoms with van der Waals surface area (Å²) in [6, 6.07) is 12.0. The summed E-state index contributed by atoms with van der Waals surface area (Å²) in [7, 11) is 4.72. The van der Waals surface area contributed by atoms with Gasteiger partial charge in [-0.2, -0.15) is 0 Å². The van der Waals surface area contributed by atoms with Gasteiger partial charge in [0.05, 0.1) is 32.9 Å². The Morgan fingerprint density at radius 3 is 2.58 bits per heavy atom. The Kier molecular flexibility index (Phi) is 7.47. The van der Waals surface area contributed by atoms with Crippen LogP contribution in [0.4, 0.5) is 0 Å². The van der Waals surface area contributed by atoms with Crippen molar-refractivity contribution in [1.82, 2.24) is 14.4 Å². The van der Waals surface area contributed by atoms with E-state index in [2.05, 4.69) is 0 Å². The van der Waals surface area contributed by atoms with Crippen LogP contribution in [0, 0.1) is 0 Å². The number of nitrogens with zero attached hydrogens (tertiary/aromatic N) is 3. The largest absolute Gasteiger partial charge is 0.497 e. The number of carbonyl (C=O) groups is 2. The van der Waals surface area contributed by atoms with Crippen LogP contribution in [0.1, 0.15) is 40.3 Å². The predicted octanol–water partition coefficient (Wildman–Crippen LogP) is 2.92. The minimum atomic E-state index is -0.323. The number of benzene rings is 1. The molecule has 3 heterocycles. The van der Waals surface area contributed by atoms with Gasteiger partial charge in [-0.25, -0.2) is 0 Å². The van der Waals surface area contributed by atoms with E-state index >= 15 is 0 Å². The van der Waals surface area contributed by atoms with Crippen molar-refractivity contribution < 1.29 is 23.5 Å². The molecule has 2 aromatic heterocycles. The van der Waals surface area contributed by atoms with Gasteiger partial charge in [0.1, 0.15) is 22.8 Å². The molecule has 1 aromatic carbocycles. The van der Waals surface area contributed by atoms with Crippen LogP contribution >= 0.6 is 0 Å². The van der Waals surface area contributed by atoms with Gasteiger partial charge >= 0.3 is 0 Å². The highest BCUT2D eigenvalue weighted by molar-refractivity contribution is 5.98. The molecule has 0 bridgehead atoms. The van der Waals surface area contributed by atoms with E-state index in [-0.39, 0.29) is 35.6 Å². The number of aromatic nitrogens is 1. The SMILES string of the molecule is COc1cccc(CC(=O)N2CCc3c(C(=O)N(C)[C@@H](C)c4ccco4)c(OC)cc(=O)n3CC2)c1. The van der Waals surface area contributed by atoms with Gasteiger partial charge in [0, 0.05) is 44.9 Å². The standard InChI is InChI=1S/C27H31N3O6/c1-18(22-9-6-14-36-22)28(2)27(33)26-21-10-11-29(12-13-30(21)25(32)17-23(26)35-4)24(31)16-19-7-5-8-20(15-19)34-3/h5-9,14-15,17-18H,10-13,16H2,1-4H3/t18-/m0/s1. The molecule has 0 fully saturated rings. The van der Waals surface area contributed by atoms with Crippen molar-refractivity contribution in [3.05, 3.63) is 81.7 Å². The van der Waals surface area contributed by atoms with Crippen LogP contribution in [0.15, 0.2) is 57.9 Å². The fraction of sp³-hybridized carbons (Fsp3) is 0.370. The van der Waals surface area contributed by atoms with Crippen LogP contribution in [-0.2, 0) is 24.2 Å². The van der Waals surface area contributed by atoms with E-state index in [0.29, 0.717) is 48.8 Å². The maximum Gasteiger partial charge on any atom is 0.259 e. The number of ether oxygens (including phenoxy) is 2. The summed E-state index contributed by atoms with van der Waals surface area (Å²) < 4.78 is 17.8. The number of furan rings is 1. The smallest absolute Gasteiger partial charge is 0.259 e. The summed E-state index contributed by atoms with van der Waals surface area (Å²) in [5.41, 5.74) is 1.49. The number of fused-ring (bicyclic) bond motifs is 1. The average Bonchev–Trinajstić information content (AvgIpc) is 3.33. The summed E-state index contributed by atoms with van der Waals surface area (Å²) in [6.07, 6.45) is 2.14. The first-order valence-corrected chi connectivity index (χ1v) is 11.9. The molecule has 36 heavy (non-hydrogen) atoms. The Balaban J connectivity index is 1.60. The first-order valence-electron chi connectivity index (χ1n) is 11.9. The third-order valence-electron chi connectivity index (χ3n) is 6.73. The molecule has 9 heteroatoms. The van der Waals surface area contributed by atoms with Crippen LogP contribution < -0.4 is 15.0 Å². The second-order valence-corrected chi connectivity index (χ2v) is 8.79. The minimum absolute atomic E-state index is 0.0486. The monoisotopic (exact) mass is 493 g/mol. The molecule has 1 atom stereocenters. The van der Waals surface area contributed by atoms with Crippen molar-refractivity contribution in [3.63, 3.8) is 0 Å². The molecule has 0 spiro atoms. The summed E-state index contributed by atoms with van der Waals surface area (Å²) >= 11 is 0. The Labute approximate surface area is 209 Å². The Morgan fingerprint density at radius 2 is 1.89 bits per heavy atom. The predicted molar refractivity (Wildman–Crippen MR) is 133 cm³/mol. The summed E-state index contributed by atoms with van der Waals surface area (Å²) in [5.74, 6) is 1.24. The molecule has 1 aliphatic rings. The lowest BCUT2D eigenvalue weighted by molar-refractivity contribution is -0.130. The molecule has 0 N–H and O–H groups in total. The van der Waals surface area contributed by atoms with Gasteiger partial charge in [0.15, 0.2) is 0 Å². The molecule has 3 aromatic rings. The molecule has 2 amide bonds. The van der Waals surface area contributed by atoms with Crippen molar-refractivity contribution in [2.75, 3.05) is 34.4 Å². The lowest BCUT2D eigenvalue weighted by Crippen LogP contribution is -2.35. The highest BCUT2D eigenvalue weighted by atomic mass is 16.5. The molecule has 0 unspecified atom stereocenters.